The molecule has 0 aliphatic heterocycles. The van der Waals surface area contributed by atoms with Crippen molar-refractivity contribution in [3.05, 3.63) is 0 Å². The van der Waals surface area contributed by atoms with Gasteiger partial charge < -0.3 is 33.8 Å². The Morgan fingerprint density at radius 2 is 0.535 bits per heavy atom. The number of carbonyl (C=O) groups excluding carboxylic acids is 4. The summed E-state index contributed by atoms with van der Waals surface area (Å²) < 4.78 is 67.9. The van der Waals surface area contributed by atoms with Gasteiger partial charge in [-0.25, -0.2) is 9.13 Å². The average molecular weight is 1270 g/mol. The summed E-state index contributed by atoms with van der Waals surface area (Å²) in [7, 11) is -9.88. The summed E-state index contributed by atoms with van der Waals surface area (Å²) in [5.41, 5.74) is 0. The fourth-order valence-electron chi connectivity index (χ4n) is 10.1. The first-order valence-corrected chi connectivity index (χ1v) is 38.0. The second-order valence-electron chi connectivity index (χ2n) is 25.2. The lowest BCUT2D eigenvalue weighted by molar-refractivity contribution is -0.161. The summed E-state index contributed by atoms with van der Waals surface area (Å²) in [4.78, 5) is 72.1. The molecule has 2 unspecified atom stereocenters. The molecule has 0 bridgehead atoms. The van der Waals surface area contributed by atoms with Gasteiger partial charge >= 0.3 is 39.5 Å². The van der Waals surface area contributed by atoms with Gasteiger partial charge in [0.15, 0.2) is 12.2 Å². The van der Waals surface area contributed by atoms with Gasteiger partial charge in [0.25, 0.3) is 0 Å². The van der Waals surface area contributed by atoms with E-state index in [9.17, 15) is 43.2 Å². The number of phosphoric acid groups is 2. The van der Waals surface area contributed by atoms with Crippen LogP contribution in [0.4, 0.5) is 0 Å². The van der Waals surface area contributed by atoms with E-state index >= 15 is 0 Å². The van der Waals surface area contributed by atoms with E-state index < -0.39 is 97.5 Å². The Morgan fingerprint density at radius 1 is 0.314 bits per heavy atom. The minimum Gasteiger partial charge on any atom is -0.462 e. The van der Waals surface area contributed by atoms with Crippen LogP contribution >= 0.6 is 15.6 Å². The fourth-order valence-corrected chi connectivity index (χ4v) is 11.6. The minimum atomic E-state index is -4.95. The number of phosphoric ester groups is 2. The number of aliphatic hydroxyl groups excluding tert-OH is 1. The molecule has 5 atom stereocenters. The van der Waals surface area contributed by atoms with Crippen LogP contribution in [0.25, 0.3) is 0 Å². The van der Waals surface area contributed by atoms with Crippen LogP contribution in [0.1, 0.15) is 337 Å². The van der Waals surface area contributed by atoms with E-state index in [2.05, 4.69) is 41.5 Å². The first kappa shape index (κ1) is 84.1. The van der Waals surface area contributed by atoms with Gasteiger partial charge in [0.05, 0.1) is 26.4 Å². The van der Waals surface area contributed by atoms with Crippen molar-refractivity contribution in [2.24, 2.45) is 11.8 Å². The van der Waals surface area contributed by atoms with Gasteiger partial charge in [-0.15, -0.1) is 0 Å². The molecule has 0 aliphatic carbocycles. The van der Waals surface area contributed by atoms with Crippen molar-refractivity contribution in [1.29, 1.82) is 0 Å². The molecule has 0 aromatic carbocycles. The van der Waals surface area contributed by atoms with Gasteiger partial charge in [0.2, 0.25) is 0 Å². The number of aliphatic hydroxyl groups is 1. The summed E-state index contributed by atoms with van der Waals surface area (Å²) in [6.45, 7) is 9.47. The van der Waals surface area contributed by atoms with Crippen molar-refractivity contribution in [2.45, 2.75) is 355 Å². The Hall–Kier alpha value is -1.94. The van der Waals surface area contributed by atoms with Gasteiger partial charge in [-0.2, -0.15) is 0 Å². The first-order valence-electron chi connectivity index (χ1n) is 35.0. The number of unbranched alkanes of at least 4 members (excludes halogenated alkanes) is 36. The highest BCUT2D eigenvalue weighted by Gasteiger charge is 2.30. The molecule has 0 heterocycles. The SMILES string of the molecule is CCCCCCCCCC(=O)OC[C@H](COP(=O)(O)OC[C@H](O)COP(=O)(O)OC[C@@H](COC(=O)CCCCCCCCCCCCCCC(C)C)OC(=O)CCCCCCCCCCCCCCCCC(C)C)OC(=O)CCCCCCCCC. The summed E-state index contributed by atoms with van der Waals surface area (Å²) in [5.74, 6) is -0.560. The second kappa shape index (κ2) is 59.4. The molecule has 17 nitrogen and oxygen atoms in total. The lowest BCUT2D eigenvalue weighted by Crippen LogP contribution is -2.30. The van der Waals surface area contributed by atoms with Crippen molar-refractivity contribution < 1.29 is 80.2 Å². The van der Waals surface area contributed by atoms with Crippen LogP contribution in [0, 0.1) is 11.8 Å². The normalized spacial score (nSPS) is 14.2. The van der Waals surface area contributed by atoms with Gasteiger partial charge in [-0.3, -0.25) is 37.3 Å². The zero-order chi connectivity index (χ0) is 63.6. The third-order valence-electron chi connectivity index (χ3n) is 15.5. The highest BCUT2D eigenvalue weighted by molar-refractivity contribution is 7.47. The third-order valence-corrected chi connectivity index (χ3v) is 17.4. The zero-order valence-electron chi connectivity index (χ0n) is 55.6. The van der Waals surface area contributed by atoms with Gasteiger partial charge in [-0.05, 0) is 37.5 Å². The second-order valence-corrected chi connectivity index (χ2v) is 28.1. The lowest BCUT2D eigenvalue weighted by Gasteiger charge is -2.21. The number of hydrogen-bond acceptors (Lipinski definition) is 15. The summed E-state index contributed by atoms with van der Waals surface area (Å²) >= 11 is 0. The molecule has 0 aromatic rings. The molecule has 0 saturated carbocycles. The molecule has 0 aliphatic rings. The third kappa shape index (κ3) is 60.9. The van der Waals surface area contributed by atoms with Crippen LogP contribution in [0.5, 0.6) is 0 Å². The maximum absolute atomic E-state index is 13.0. The van der Waals surface area contributed by atoms with E-state index in [4.69, 9.17) is 37.0 Å². The molecule has 0 saturated heterocycles. The van der Waals surface area contributed by atoms with Crippen LogP contribution in [0.3, 0.4) is 0 Å². The topological polar surface area (TPSA) is 237 Å². The van der Waals surface area contributed by atoms with E-state index in [0.717, 1.165) is 127 Å². The van der Waals surface area contributed by atoms with E-state index in [0.29, 0.717) is 25.7 Å². The van der Waals surface area contributed by atoms with Crippen LogP contribution < -0.4 is 0 Å². The predicted molar refractivity (Wildman–Crippen MR) is 345 cm³/mol. The summed E-state index contributed by atoms with van der Waals surface area (Å²) in [5, 5.41) is 10.5. The molecule has 3 N–H and O–H groups in total. The monoisotopic (exact) mass is 1270 g/mol. The van der Waals surface area contributed by atoms with E-state index in [1.807, 2.05) is 0 Å². The molecule has 19 heteroatoms. The number of ether oxygens (including phenoxy) is 4. The van der Waals surface area contributed by atoms with Gasteiger partial charge in [0.1, 0.15) is 19.3 Å². The number of hydrogen-bond donors (Lipinski definition) is 3. The lowest BCUT2D eigenvalue weighted by atomic mass is 10.0. The summed E-state index contributed by atoms with van der Waals surface area (Å²) in [6.07, 6.45) is 43.3. The van der Waals surface area contributed by atoms with Crippen LogP contribution in [0.2, 0.25) is 0 Å². The molecular formula is C67H130O17P2. The number of esters is 4. The highest BCUT2D eigenvalue weighted by Crippen LogP contribution is 2.45. The molecule has 0 radical (unpaired) electrons. The maximum atomic E-state index is 13.0. The quantitative estimate of drug-likeness (QED) is 0.0222. The Kier molecular flexibility index (Phi) is 58.0. The van der Waals surface area contributed by atoms with Crippen molar-refractivity contribution in [3.8, 4) is 0 Å². The molecule has 0 fully saturated rings. The highest BCUT2D eigenvalue weighted by atomic mass is 31.2. The Balaban J connectivity index is 5.16. The smallest absolute Gasteiger partial charge is 0.462 e. The molecule has 86 heavy (non-hydrogen) atoms. The zero-order valence-corrected chi connectivity index (χ0v) is 57.4. The average Bonchev–Trinajstić information content (AvgIpc) is 3.68. The molecule has 0 rings (SSSR count). The first-order chi connectivity index (χ1) is 41.4. The van der Waals surface area contributed by atoms with Crippen LogP contribution in [-0.2, 0) is 65.4 Å². The van der Waals surface area contributed by atoms with E-state index in [1.54, 1.807) is 0 Å². The van der Waals surface area contributed by atoms with Crippen molar-refractivity contribution in [2.75, 3.05) is 39.6 Å². The number of carbonyl (C=O) groups is 4. The molecule has 0 amide bonds. The predicted octanol–water partition coefficient (Wildman–Crippen LogP) is 18.8. The van der Waals surface area contributed by atoms with Crippen molar-refractivity contribution in [1.82, 2.24) is 0 Å². The largest absolute Gasteiger partial charge is 0.472 e. The van der Waals surface area contributed by atoms with E-state index in [1.165, 1.54) is 128 Å². The standard InChI is InChI=1S/C67H130O17P2/c1-7-9-11-13-29-37-43-49-64(69)77-55-62(83-66(71)51-45-39-30-14-12-10-8-2)57-81-85(73,74)79-53-61(68)54-80-86(75,76)82-58-63(56-78-65(70)50-44-38-33-27-23-20-19-22-26-32-36-42-48-60(5)6)84-67(72)52-46-40-34-28-24-18-16-15-17-21-25-31-35-41-47-59(3)4/h59-63,68H,7-58H2,1-6H3,(H,73,74)(H,75,76)/t61-,62+,63+/m0/s1. The molecule has 0 aromatic heterocycles. The molecule has 0 spiro atoms. The minimum absolute atomic E-state index is 0.103. The Bertz CT molecular complexity index is 1680. The van der Waals surface area contributed by atoms with Crippen LogP contribution in [-0.4, -0.2) is 96.7 Å². The summed E-state index contributed by atoms with van der Waals surface area (Å²) in [6, 6.07) is 0. The van der Waals surface area contributed by atoms with Crippen LogP contribution in [0.15, 0.2) is 0 Å². The van der Waals surface area contributed by atoms with Crippen molar-refractivity contribution in [3.63, 3.8) is 0 Å². The Labute approximate surface area is 524 Å². The van der Waals surface area contributed by atoms with E-state index in [-0.39, 0.29) is 25.7 Å². The molecular weight excluding hydrogens is 1140 g/mol. The Morgan fingerprint density at radius 3 is 0.791 bits per heavy atom. The number of rotatable bonds is 66. The van der Waals surface area contributed by atoms with Gasteiger partial charge in [0, 0.05) is 25.7 Å². The fraction of sp³-hybridized carbons (Fsp3) is 0.940. The van der Waals surface area contributed by atoms with Gasteiger partial charge in [-0.1, -0.05) is 286 Å². The maximum Gasteiger partial charge on any atom is 0.472 e. The molecule has 510 valence electrons. The van der Waals surface area contributed by atoms with Crippen molar-refractivity contribution >= 4 is 39.5 Å².